The summed E-state index contributed by atoms with van der Waals surface area (Å²) in [7, 11) is 0. The van der Waals surface area contributed by atoms with Gasteiger partial charge in [0.05, 0.1) is 5.69 Å². The summed E-state index contributed by atoms with van der Waals surface area (Å²) in [6, 6.07) is 8.01. The van der Waals surface area contributed by atoms with E-state index in [9.17, 15) is 4.79 Å². The van der Waals surface area contributed by atoms with E-state index in [-0.39, 0.29) is 5.91 Å². The van der Waals surface area contributed by atoms with Crippen molar-refractivity contribution in [2.24, 2.45) is 0 Å². The second-order valence-electron chi connectivity index (χ2n) is 4.19. The minimum atomic E-state index is 0.0403. The third kappa shape index (κ3) is 3.42. The number of amides is 1. The van der Waals surface area contributed by atoms with Crippen molar-refractivity contribution < 1.29 is 4.79 Å². The number of aromatic nitrogens is 1. The number of halogens is 1. The topological polar surface area (TPSA) is 33.2 Å². The highest BCUT2D eigenvalue weighted by molar-refractivity contribution is 9.10. The molecule has 0 aliphatic heterocycles. The first-order valence-electron chi connectivity index (χ1n) is 6.11. The first-order chi connectivity index (χ1) is 9.11. The quantitative estimate of drug-likeness (QED) is 0.830. The number of hydrogen-bond donors (Lipinski definition) is 0. The van der Waals surface area contributed by atoms with Crippen LogP contribution in [0.5, 0.6) is 0 Å². The molecule has 1 aromatic carbocycles. The lowest BCUT2D eigenvalue weighted by molar-refractivity contribution is -0.116. The van der Waals surface area contributed by atoms with Crippen molar-refractivity contribution in [1.82, 2.24) is 4.98 Å². The monoisotopic (exact) mass is 338 g/mol. The lowest BCUT2D eigenvalue weighted by atomic mass is 10.2. The van der Waals surface area contributed by atoms with Gasteiger partial charge in [-0.15, -0.1) is 11.3 Å². The summed E-state index contributed by atoms with van der Waals surface area (Å²) in [6.45, 7) is 4.35. The molecule has 2 rings (SSSR count). The van der Waals surface area contributed by atoms with E-state index in [0.717, 1.165) is 27.3 Å². The Kier molecular flexibility index (Phi) is 4.71. The number of nitrogens with zero attached hydrogens (tertiary/aromatic N) is 2. The Balaban J connectivity index is 2.27. The van der Waals surface area contributed by atoms with Crippen LogP contribution in [0, 0.1) is 0 Å². The molecule has 0 bridgehead atoms. The fraction of sp³-hybridized carbons (Fsp3) is 0.286. The molecule has 0 aliphatic carbocycles. The first kappa shape index (κ1) is 14.2. The van der Waals surface area contributed by atoms with E-state index in [1.165, 1.54) is 11.3 Å². The van der Waals surface area contributed by atoms with E-state index in [1.807, 2.05) is 29.6 Å². The molecule has 100 valence electrons. The van der Waals surface area contributed by atoms with Gasteiger partial charge in [0.25, 0.3) is 0 Å². The Morgan fingerprint density at radius 2 is 2.05 bits per heavy atom. The predicted molar refractivity (Wildman–Crippen MR) is 83.6 cm³/mol. The molecule has 0 spiro atoms. The van der Waals surface area contributed by atoms with E-state index in [4.69, 9.17) is 0 Å². The maximum atomic E-state index is 11.6. The van der Waals surface area contributed by atoms with Gasteiger partial charge in [0.1, 0.15) is 0 Å². The SMILES string of the molecule is CCCN(C(C)=O)c1nc(-c2ccc(Br)cc2)cs1. The third-order valence-corrected chi connectivity index (χ3v) is 4.08. The molecule has 0 aliphatic rings. The van der Waals surface area contributed by atoms with Crippen LogP contribution in [0.2, 0.25) is 0 Å². The van der Waals surface area contributed by atoms with Gasteiger partial charge in [-0.2, -0.15) is 0 Å². The first-order valence-corrected chi connectivity index (χ1v) is 7.78. The molecule has 0 unspecified atom stereocenters. The fourth-order valence-electron chi connectivity index (χ4n) is 1.75. The molecule has 3 nitrogen and oxygen atoms in total. The van der Waals surface area contributed by atoms with Gasteiger partial charge in [-0.3, -0.25) is 9.69 Å². The fourth-order valence-corrected chi connectivity index (χ4v) is 2.92. The van der Waals surface area contributed by atoms with Crippen molar-refractivity contribution in [3.05, 3.63) is 34.1 Å². The second kappa shape index (κ2) is 6.30. The van der Waals surface area contributed by atoms with Gasteiger partial charge < -0.3 is 0 Å². The molecule has 1 amide bonds. The summed E-state index contributed by atoms with van der Waals surface area (Å²) in [6.07, 6.45) is 0.923. The molecule has 0 radical (unpaired) electrons. The molecule has 0 saturated heterocycles. The van der Waals surface area contributed by atoms with Crippen LogP contribution in [0.15, 0.2) is 34.1 Å². The number of rotatable bonds is 4. The van der Waals surface area contributed by atoms with Crippen LogP contribution in [0.4, 0.5) is 5.13 Å². The number of anilines is 1. The highest BCUT2D eigenvalue weighted by atomic mass is 79.9. The van der Waals surface area contributed by atoms with Crippen LogP contribution in [-0.4, -0.2) is 17.4 Å². The van der Waals surface area contributed by atoms with E-state index in [0.29, 0.717) is 6.54 Å². The van der Waals surface area contributed by atoms with Gasteiger partial charge in [-0.25, -0.2) is 4.98 Å². The zero-order valence-electron chi connectivity index (χ0n) is 10.9. The summed E-state index contributed by atoms with van der Waals surface area (Å²) in [4.78, 5) is 17.9. The maximum absolute atomic E-state index is 11.6. The number of carbonyl (C=O) groups excluding carboxylic acids is 1. The van der Waals surface area contributed by atoms with E-state index >= 15 is 0 Å². The average molecular weight is 339 g/mol. The Morgan fingerprint density at radius 1 is 1.37 bits per heavy atom. The Morgan fingerprint density at radius 3 is 2.63 bits per heavy atom. The van der Waals surface area contributed by atoms with Crippen LogP contribution >= 0.6 is 27.3 Å². The zero-order valence-corrected chi connectivity index (χ0v) is 13.3. The lowest BCUT2D eigenvalue weighted by Gasteiger charge is -2.16. The maximum Gasteiger partial charge on any atom is 0.225 e. The van der Waals surface area contributed by atoms with Gasteiger partial charge in [0, 0.05) is 28.9 Å². The molecule has 2 aromatic rings. The number of hydrogen-bond acceptors (Lipinski definition) is 3. The van der Waals surface area contributed by atoms with Crippen molar-refractivity contribution in [3.8, 4) is 11.3 Å². The van der Waals surface area contributed by atoms with E-state index in [1.54, 1.807) is 11.8 Å². The summed E-state index contributed by atoms with van der Waals surface area (Å²) >= 11 is 4.92. The van der Waals surface area contributed by atoms with E-state index < -0.39 is 0 Å². The molecular weight excluding hydrogens is 324 g/mol. The van der Waals surface area contributed by atoms with E-state index in [2.05, 4.69) is 27.8 Å². The second-order valence-corrected chi connectivity index (χ2v) is 5.95. The molecule has 1 aromatic heterocycles. The molecule has 0 atom stereocenters. The highest BCUT2D eigenvalue weighted by Gasteiger charge is 2.14. The smallest absolute Gasteiger partial charge is 0.225 e. The highest BCUT2D eigenvalue weighted by Crippen LogP contribution is 2.28. The number of carbonyl (C=O) groups is 1. The van der Waals surface area contributed by atoms with Gasteiger partial charge in [0.2, 0.25) is 5.91 Å². The Hall–Kier alpha value is -1.20. The van der Waals surface area contributed by atoms with Gasteiger partial charge >= 0.3 is 0 Å². The summed E-state index contributed by atoms with van der Waals surface area (Å²) < 4.78 is 1.04. The average Bonchev–Trinajstić information content (AvgIpc) is 2.85. The van der Waals surface area contributed by atoms with Crippen molar-refractivity contribution in [3.63, 3.8) is 0 Å². The number of thiazole rings is 1. The van der Waals surface area contributed by atoms with Gasteiger partial charge in [-0.1, -0.05) is 35.0 Å². The normalized spacial score (nSPS) is 10.5. The summed E-state index contributed by atoms with van der Waals surface area (Å²) in [5.74, 6) is 0.0403. The predicted octanol–water partition coefficient (Wildman–Crippen LogP) is 4.34. The largest absolute Gasteiger partial charge is 0.288 e. The van der Waals surface area contributed by atoms with Crippen molar-refractivity contribution >= 4 is 38.3 Å². The van der Waals surface area contributed by atoms with Crippen LogP contribution in [0.25, 0.3) is 11.3 Å². The lowest BCUT2D eigenvalue weighted by Crippen LogP contribution is -2.28. The number of benzene rings is 1. The molecule has 1 heterocycles. The van der Waals surface area contributed by atoms with Gasteiger partial charge in [-0.05, 0) is 18.6 Å². The van der Waals surface area contributed by atoms with Crippen LogP contribution in [0.1, 0.15) is 20.3 Å². The molecular formula is C14H15BrN2OS. The molecule has 0 N–H and O–H groups in total. The zero-order chi connectivity index (χ0) is 13.8. The minimum absolute atomic E-state index is 0.0403. The van der Waals surface area contributed by atoms with Crippen LogP contribution in [-0.2, 0) is 4.79 Å². The Labute approximate surface area is 125 Å². The third-order valence-electron chi connectivity index (χ3n) is 2.69. The van der Waals surface area contributed by atoms with Crippen molar-refractivity contribution in [2.75, 3.05) is 11.4 Å². The van der Waals surface area contributed by atoms with Crippen LogP contribution in [0.3, 0.4) is 0 Å². The molecule has 0 fully saturated rings. The Bertz CT molecular complexity index is 565. The molecule has 5 heteroatoms. The van der Waals surface area contributed by atoms with Gasteiger partial charge in [0.15, 0.2) is 5.13 Å². The summed E-state index contributed by atoms with van der Waals surface area (Å²) in [5.41, 5.74) is 1.97. The van der Waals surface area contributed by atoms with Crippen LogP contribution < -0.4 is 4.90 Å². The minimum Gasteiger partial charge on any atom is -0.288 e. The summed E-state index contributed by atoms with van der Waals surface area (Å²) in [5, 5.41) is 2.76. The standard InChI is InChI=1S/C14H15BrN2OS/c1-3-8-17(10(2)18)14-16-13(9-19-14)11-4-6-12(15)7-5-11/h4-7,9H,3,8H2,1-2H3. The molecule has 19 heavy (non-hydrogen) atoms. The van der Waals surface area contributed by atoms with Crippen molar-refractivity contribution in [2.45, 2.75) is 20.3 Å². The molecule has 0 saturated carbocycles. The van der Waals surface area contributed by atoms with Crippen molar-refractivity contribution in [1.29, 1.82) is 0 Å².